The van der Waals surface area contributed by atoms with E-state index in [0.29, 0.717) is 21.3 Å². The van der Waals surface area contributed by atoms with Crippen LogP contribution in [0.25, 0.3) is 0 Å². The summed E-state index contributed by atoms with van der Waals surface area (Å²) in [5.41, 5.74) is 6.46. The molecule has 3 nitrogen and oxygen atoms in total. The molecule has 0 spiro atoms. The third-order valence-corrected chi connectivity index (χ3v) is 2.83. The highest BCUT2D eigenvalue weighted by Gasteiger charge is 2.05. The first kappa shape index (κ1) is 12.7. The third-order valence-electron chi connectivity index (χ3n) is 2.28. The molecule has 0 aliphatic carbocycles. The lowest BCUT2D eigenvalue weighted by Gasteiger charge is -2.10. The first-order chi connectivity index (χ1) is 8.66. The second kappa shape index (κ2) is 5.76. The number of amides is 1. The highest BCUT2D eigenvalue weighted by molar-refractivity contribution is 6.36. The minimum atomic E-state index is -0.235. The molecule has 0 fully saturated rings. The fourth-order valence-corrected chi connectivity index (χ4v) is 1.83. The number of anilines is 1. The summed E-state index contributed by atoms with van der Waals surface area (Å²) in [5, 5.41) is 0.982. The van der Waals surface area contributed by atoms with Crippen LogP contribution in [0.3, 0.4) is 0 Å². The van der Waals surface area contributed by atoms with Gasteiger partial charge in [0.25, 0.3) is 5.91 Å². The molecule has 18 heavy (non-hydrogen) atoms. The van der Waals surface area contributed by atoms with Crippen molar-refractivity contribution in [3.63, 3.8) is 0 Å². The molecule has 0 aliphatic heterocycles. The molecule has 0 aromatic heterocycles. The Morgan fingerprint density at radius 3 is 2.39 bits per heavy atom. The molecule has 0 saturated carbocycles. The zero-order valence-electron chi connectivity index (χ0n) is 9.28. The molecule has 0 bridgehead atoms. The van der Waals surface area contributed by atoms with Crippen LogP contribution in [0.1, 0.15) is 10.4 Å². The van der Waals surface area contributed by atoms with E-state index in [1.807, 2.05) is 6.07 Å². The number of hydrogen-bond acceptors (Lipinski definition) is 2. The van der Waals surface area contributed by atoms with E-state index in [4.69, 9.17) is 23.2 Å². The maximum Gasteiger partial charge on any atom is 0.269 e. The van der Waals surface area contributed by atoms with Crippen molar-refractivity contribution in [3.05, 3.63) is 64.1 Å². The molecule has 0 radical (unpaired) electrons. The van der Waals surface area contributed by atoms with Gasteiger partial charge in [-0.25, -0.2) is 0 Å². The Kier molecular flexibility index (Phi) is 4.07. The zero-order valence-corrected chi connectivity index (χ0v) is 10.8. The lowest BCUT2D eigenvalue weighted by atomic mass is 10.2. The number of hydrazine groups is 1. The molecule has 92 valence electrons. The van der Waals surface area contributed by atoms with Crippen LogP contribution < -0.4 is 10.9 Å². The number of nitrogens with one attached hydrogen (secondary N) is 2. The Morgan fingerprint density at radius 1 is 1.00 bits per heavy atom. The van der Waals surface area contributed by atoms with Gasteiger partial charge in [0.2, 0.25) is 0 Å². The van der Waals surface area contributed by atoms with Crippen molar-refractivity contribution in [1.29, 1.82) is 0 Å². The average Bonchev–Trinajstić information content (AvgIpc) is 2.38. The van der Waals surface area contributed by atoms with E-state index in [-0.39, 0.29) is 5.91 Å². The van der Waals surface area contributed by atoms with Crippen molar-refractivity contribution in [2.45, 2.75) is 0 Å². The fraction of sp³-hybridized carbons (Fsp3) is 0. The minimum absolute atomic E-state index is 0.235. The van der Waals surface area contributed by atoms with Crippen LogP contribution in [0.4, 0.5) is 5.69 Å². The largest absolute Gasteiger partial charge is 0.297 e. The summed E-state index contributed by atoms with van der Waals surface area (Å²) >= 11 is 11.7. The first-order valence-corrected chi connectivity index (χ1v) is 5.99. The van der Waals surface area contributed by atoms with Gasteiger partial charge < -0.3 is 0 Å². The van der Waals surface area contributed by atoms with Crippen LogP contribution in [0, 0.1) is 0 Å². The molecule has 5 heteroatoms. The molecular formula is C13H10Cl2N2O. The third kappa shape index (κ3) is 3.15. The highest BCUT2D eigenvalue weighted by Crippen LogP contribution is 2.24. The van der Waals surface area contributed by atoms with E-state index in [9.17, 15) is 4.79 Å². The van der Waals surface area contributed by atoms with Crippen molar-refractivity contribution < 1.29 is 4.79 Å². The molecule has 0 atom stereocenters. The number of rotatable bonds is 3. The van der Waals surface area contributed by atoms with E-state index < -0.39 is 0 Å². The van der Waals surface area contributed by atoms with Gasteiger partial charge in [-0.05, 0) is 30.3 Å². The van der Waals surface area contributed by atoms with Gasteiger partial charge in [-0.1, -0.05) is 41.4 Å². The predicted octanol–water partition coefficient (Wildman–Crippen LogP) is 3.75. The van der Waals surface area contributed by atoms with Crippen molar-refractivity contribution in [3.8, 4) is 0 Å². The Morgan fingerprint density at radius 2 is 1.72 bits per heavy atom. The van der Waals surface area contributed by atoms with Crippen molar-refractivity contribution in [2.24, 2.45) is 0 Å². The van der Waals surface area contributed by atoms with Crippen LogP contribution in [0.15, 0.2) is 48.5 Å². The van der Waals surface area contributed by atoms with E-state index in [1.165, 1.54) is 0 Å². The van der Waals surface area contributed by atoms with Crippen molar-refractivity contribution in [1.82, 2.24) is 5.43 Å². The second-order valence-corrected chi connectivity index (χ2v) is 4.41. The maximum absolute atomic E-state index is 11.8. The van der Waals surface area contributed by atoms with Gasteiger partial charge in [0, 0.05) is 10.6 Å². The molecule has 2 N–H and O–H groups in total. The summed E-state index contributed by atoms with van der Waals surface area (Å²) in [6.07, 6.45) is 0. The molecule has 0 heterocycles. The Bertz CT molecular complexity index is 558. The standard InChI is InChI=1S/C13H10Cl2N2O/c14-10-6-7-12(11(15)8-10)16-17-13(18)9-4-2-1-3-5-9/h1-8,16H,(H,17,18). The maximum atomic E-state index is 11.8. The normalized spacial score (nSPS) is 9.89. The molecule has 1 amide bonds. The van der Waals surface area contributed by atoms with E-state index in [1.54, 1.807) is 42.5 Å². The quantitative estimate of drug-likeness (QED) is 0.841. The summed E-state index contributed by atoms with van der Waals surface area (Å²) in [7, 11) is 0. The molecule has 0 saturated heterocycles. The summed E-state index contributed by atoms with van der Waals surface area (Å²) in [6, 6.07) is 13.9. The highest BCUT2D eigenvalue weighted by atomic mass is 35.5. The Labute approximate surface area is 115 Å². The van der Waals surface area contributed by atoms with Gasteiger partial charge in [-0.15, -0.1) is 0 Å². The van der Waals surface area contributed by atoms with Crippen LogP contribution in [-0.2, 0) is 0 Å². The topological polar surface area (TPSA) is 41.1 Å². The Balaban J connectivity index is 2.02. The fourth-order valence-electron chi connectivity index (χ4n) is 1.38. The van der Waals surface area contributed by atoms with E-state index in [2.05, 4.69) is 10.9 Å². The van der Waals surface area contributed by atoms with Gasteiger partial charge in [0.1, 0.15) is 0 Å². The van der Waals surface area contributed by atoms with Crippen molar-refractivity contribution in [2.75, 3.05) is 5.43 Å². The SMILES string of the molecule is O=C(NNc1ccc(Cl)cc1Cl)c1ccccc1. The number of halogens is 2. The monoisotopic (exact) mass is 280 g/mol. The van der Waals surface area contributed by atoms with Crippen LogP contribution in [0.5, 0.6) is 0 Å². The molecular weight excluding hydrogens is 271 g/mol. The van der Waals surface area contributed by atoms with Crippen LogP contribution >= 0.6 is 23.2 Å². The summed E-state index contributed by atoms with van der Waals surface area (Å²) in [5.74, 6) is -0.235. The average molecular weight is 281 g/mol. The number of hydrogen-bond donors (Lipinski definition) is 2. The van der Waals surface area contributed by atoms with Gasteiger partial charge in [-0.3, -0.25) is 15.6 Å². The van der Waals surface area contributed by atoms with Gasteiger partial charge in [0.05, 0.1) is 10.7 Å². The smallest absolute Gasteiger partial charge is 0.269 e. The first-order valence-electron chi connectivity index (χ1n) is 5.23. The zero-order chi connectivity index (χ0) is 13.0. The van der Waals surface area contributed by atoms with Crippen LogP contribution in [0.2, 0.25) is 10.0 Å². The predicted molar refractivity (Wildman–Crippen MR) is 74.0 cm³/mol. The van der Waals surface area contributed by atoms with Crippen molar-refractivity contribution >= 4 is 34.8 Å². The van der Waals surface area contributed by atoms with Gasteiger partial charge in [-0.2, -0.15) is 0 Å². The van der Waals surface area contributed by atoms with Gasteiger partial charge in [0.15, 0.2) is 0 Å². The van der Waals surface area contributed by atoms with Crippen LogP contribution in [-0.4, -0.2) is 5.91 Å². The molecule has 2 rings (SSSR count). The molecule has 2 aromatic rings. The molecule has 2 aromatic carbocycles. The molecule has 0 unspecified atom stereocenters. The lowest BCUT2D eigenvalue weighted by Crippen LogP contribution is -2.29. The Hall–Kier alpha value is -1.71. The number of benzene rings is 2. The number of carbonyl (C=O) groups excluding carboxylic acids is 1. The summed E-state index contributed by atoms with van der Waals surface area (Å²) in [6.45, 7) is 0. The summed E-state index contributed by atoms with van der Waals surface area (Å²) < 4.78 is 0. The lowest BCUT2D eigenvalue weighted by molar-refractivity contribution is 0.0962. The number of carbonyl (C=O) groups is 1. The van der Waals surface area contributed by atoms with E-state index in [0.717, 1.165) is 0 Å². The van der Waals surface area contributed by atoms with E-state index >= 15 is 0 Å². The molecule has 0 aliphatic rings. The second-order valence-electron chi connectivity index (χ2n) is 3.57. The summed E-state index contributed by atoms with van der Waals surface area (Å²) in [4.78, 5) is 11.8. The minimum Gasteiger partial charge on any atom is -0.297 e. The van der Waals surface area contributed by atoms with Gasteiger partial charge >= 0.3 is 0 Å².